The third-order valence-corrected chi connectivity index (χ3v) is 3.60. The molecule has 4 N–H and O–H groups in total. The van der Waals surface area contributed by atoms with Gasteiger partial charge in [0.15, 0.2) is 6.23 Å². The number of rotatable bonds is 3. The molecule has 0 saturated carbocycles. The largest absolute Gasteiger partial charge is 0.394 e. The first-order valence-corrected chi connectivity index (χ1v) is 6.74. The highest BCUT2D eigenvalue weighted by Gasteiger charge is 2.44. The first-order valence-electron chi connectivity index (χ1n) is 6.74. The van der Waals surface area contributed by atoms with E-state index in [4.69, 9.17) is 4.74 Å². The molecule has 1 aliphatic rings. The van der Waals surface area contributed by atoms with E-state index in [1.165, 1.54) is 10.9 Å². The van der Waals surface area contributed by atoms with E-state index in [1.54, 1.807) is 24.5 Å². The summed E-state index contributed by atoms with van der Waals surface area (Å²) in [7, 11) is 0. The van der Waals surface area contributed by atoms with Gasteiger partial charge in [-0.05, 0) is 12.1 Å². The number of ether oxygens (including phenoxy) is 1. The molecule has 9 heteroatoms. The van der Waals surface area contributed by atoms with E-state index in [2.05, 4.69) is 15.3 Å². The zero-order chi connectivity index (χ0) is 15.7. The standard InChI is InChI=1S/C13H16N4O5/c18-6-9-10(19)11(20)12(21)13(22-9)17-5-8(15-16-17)7-2-1-3-14-4-7/h1-5,9-13,18-21H,6H2/t9-,10+,11+,12-,13-/m1/s1. The number of hydrogen-bond donors (Lipinski definition) is 4. The fourth-order valence-electron chi connectivity index (χ4n) is 2.35. The van der Waals surface area contributed by atoms with Gasteiger partial charge in [-0.25, -0.2) is 4.68 Å². The Bertz CT molecular complexity index is 620. The smallest absolute Gasteiger partial charge is 0.180 e. The second-order valence-corrected chi connectivity index (χ2v) is 5.04. The van der Waals surface area contributed by atoms with Gasteiger partial charge in [-0.2, -0.15) is 0 Å². The molecular formula is C13H16N4O5. The number of aliphatic hydroxyl groups excluding tert-OH is 4. The van der Waals surface area contributed by atoms with E-state index in [0.29, 0.717) is 5.69 Å². The van der Waals surface area contributed by atoms with Crippen molar-refractivity contribution in [1.82, 2.24) is 20.0 Å². The molecule has 3 heterocycles. The highest BCUT2D eigenvalue weighted by Crippen LogP contribution is 2.28. The highest BCUT2D eigenvalue weighted by atomic mass is 16.6. The second-order valence-electron chi connectivity index (χ2n) is 5.04. The van der Waals surface area contributed by atoms with Crippen LogP contribution in [0.15, 0.2) is 30.7 Å². The summed E-state index contributed by atoms with van der Waals surface area (Å²) >= 11 is 0. The van der Waals surface area contributed by atoms with E-state index in [-0.39, 0.29) is 0 Å². The lowest BCUT2D eigenvalue weighted by Gasteiger charge is -2.39. The quantitative estimate of drug-likeness (QED) is 0.528. The van der Waals surface area contributed by atoms with Gasteiger partial charge in [-0.3, -0.25) is 4.98 Å². The number of nitrogens with zero attached hydrogens (tertiary/aromatic N) is 4. The van der Waals surface area contributed by atoms with Gasteiger partial charge in [0.25, 0.3) is 0 Å². The van der Waals surface area contributed by atoms with E-state index in [9.17, 15) is 20.4 Å². The van der Waals surface area contributed by atoms with Crippen molar-refractivity contribution in [1.29, 1.82) is 0 Å². The Morgan fingerprint density at radius 2 is 2.00 bits per heavy atom. The van der Waals surface area contributed by atoms with E-state index in [1.807, 2.05) is 0 Å². The maximum Gasteiger partial charge on any atom is 0.180 e. The van der Waals surface area contributed by atoms with Crippen molar-refractivity contribution in [2.24, 2.45) is 0 Å². The second kappa shape index (κ2) is 6.07. The van der Waals surface area contributed by atoms with Gasteiger partial charge in [0.2, 0.25) is 0 Å². The summed E-state index contributed by atoms with van der Waals surface area (Å²) in [6, 6.07) is 3.55. The molecule has 1 saturated heterocycles. The predicted molar refractivity (Wildman–Crippen MR) is 72.3 cm³/mol. The van der Waals surface area contributed by atoms with Crippen molar-refractivity contribution in [3.05, 3.63) is 30.7 Å². The van der Waals surface area contributed by atoms with Crippen LogP contribution in [0, 0.1) is 0 Å². The number of aliphatic hydroxyl groups is 4. The molecule has 0 amide bonds. The number of hydrogen-bond acceptors (Lipinski definition) is 8. The Kier molecular flexibility index (Phi) is 4.14. The molecule has 0 unspecified atom stereocenters. The minimum Gasteiger partial charge on any atom is -0.394 e. The van der Waals surface area contributed by atoms with E-state index >= 15 is 0 Å². The van der Waals surface area contributed by atoms with Crippen LogP contribution in [0.5, 0.6) is 0 Å². The van der Waals surface area contributed by atoms with Crippen LogP contribution in [0.1, 0.15) is 6.23 Å². The molecule has 118 valence electrons. The molecule has 0 spiro atoms. The molecule has 22 heavy (non-hydrogen) atoms. The number of pyridine rings is 1. The molecule has 0 aliphatic carbocycles. The molecular weight excluding hydrogens is 292 g/mol. The molecule has 0 bridgehead atoms. The lowest BCUT2D eigenvalue weighted by Crippen LogP contribution is -2.56. The van der Waals surface area contributed by atoms with Gasteiger partial charge in [0, 0.05) is 18.0 Å². The van der Waals surface area contributed by atoms with Crippen LogP contribution < -0.4 is 0 Å². The summed E-state index contributed by atoms with van der Waals surface area (Å²) < 4.78 is 6.64. The zero-order valence-electron chi connectivity index (χ0n) is 11.5. The molecule has 2 aromatic rings. The zero-order valence-corrected chi connectivity index (χ0v) is 11.5. The minimum absolute atomic E-state index is 0.494. The third kappa shape index (κ3) is 2.60. The first-order chi connectivity index (χ1) is 10.6. The summed E-state index contributed by atoms with van der Waals surface area (Å²) in [5, 5.41) is 46.6. The molecule has 1 aliphatic heterocycles. The third-order valence-electron chi connectivity index (χ3n) is 3.60. The average molecular weight is 308 g/mol. The van der Waals surface area contributed by atoms with Gasteiger partial charge in [-0.1, -0.05) is 5.21 Å². The van der Waals surface area contributed by atoms with Gasteiger partial charge in [-0.15, -0.1) is 5.10 Å². The fourth-order valence-corrected chi connectivity index (χ4v) is 2.35. The van der Waals surface area contributed by atoms with Crippen LogP contribution in [0.2, 0.25) is 0 Å². The monoisotopic (exact) mass is 308 g/mol. The van der Waals surface area contributed by atoms with Gasteiger partial charge in [0.05, 0.1) is 12.8 Å². The number of aromatic nitrogens is 4. The summed E-state index contributed by atoms with van der Waals surface area (Å²) in [6.07, 6.45) is -1.54. The lowest BCUT2D eigenvalue weighted by atomic mass is 9.98. The molecule has 1 fully saturated rings. The van der Waals surface area contributed by atoms with Gasteiger partial charge >= 0.3 is 0 Å². The normalized spacial score (nSPS) is 32.1. The van der Waals surface area contributed by atoms with Crippen LogP contribution in [0.4, 0.5) is 0 Å². The molecule has 2 aromatic heterocycles. The summed E-state index contributed by atoms with van der Waals surface area (Å²) in [4.78, 5) is 3.98. The highest BCUT2D eigenvalue weighted by molar-refractivity contribution is 5.55. The Morgan fingerprint density at radius 3 is 2.68 bits per heavy atom. The SMILES string of the molecule is OC[C@H]1O[C@@H](n2cc(-c3cccnc3)nn2)[C@H](O)[C@@H](O)[C@H]1O. The minimum atomic E-state index is -1.46. The lowest BCUT2D eigenvalue weighted by molar-refractivity contribution is -0.254. The van der Waals surface area contributed by atoms with Crippen LogP contribution in [0.25, 0.3) is 11.3 Å². The fraction of sp³-hybridized carbons (Fsp3) is 0.462. The van der Waals surface area contributed by atoms with Crippen LogP contribution in [-0.2, 0) is 4.74 Å². The Hall–Kier alpha value is -1.91. The van der Waals surface area contributed by atoms with E-state index in [0.717, 1.165) is 5.56 Å². The topological polar surface area (TPSA) is 134 Å². The molecule has 5 atom stereocenters. The summed E-state index contributed by atoms with van der Waals surface area (Å²) in [5.41, 5.74) is 1.25. The maximum atomic E-state index is 10.0. The van der Waals surface area contributed by atoms with Crippen LogP contribution >= 0.6 is 0 Å². The maximum absolute atomic E-state index is 10.0. The molecule has 9 nitrogen and oxygen atoms in total. The first kappa shape index (κ1) is 15.0. The van der Waals surface area contributed by atoms with Crippen molar-refractivity contribution in [2.75, 3.05) is 6.61 Å². The summed E-state index contributed by atoms with van der Waals surface area (Å²) in [6.45, 7) is -0.494. The summed E-state index contributed by atoms with van der Waals surface area (Å²) in [5.74, 6) is 0. The van der Waals surface area contributed by atoms with Crippen molar-refractivity contribution in [3.8, 4) is 11.3 Å². The van der Waals surface area contributed by atoms with Crippen molar-refractivity contribution in [3.63, 3.8) is 0 Å². The van der Waals surface area contributed by atoms with Crippen molar-refractivity contribution in [2.45, 2.75) is 30.6 Å². The van der Waals surface area contributed by atoms with Gasteiger partial charge in [0.1, 0.15) is 30.1 Å². The Morgan fingerprint density at radius 1 is 1.18 bits per heavy atom. The van der Waals surface area contributed by atoms with Crippen LogP contribution in [0.3, 0.4) is 0 Å². The molecule has 0 aromatic carbocycles. The Labute approximate surface area is 125 Å². The van der Waals surface area contributed by atoms with Crippen molar-refractivity contribution >= 4 is 0 Å². The van der Waals surface area contributed by atoms with Crippen LogP contribution in [-0.4, -0.2) is 71.4 Å². The average Bonchev–Trinajstić information content (AvgIpc) is 3.04. The van der Waals surface area contributed by atoms with Crippen molar-refractivity contribution < 1.29 is 25.2 Å². The Balaban J connectivity index is 1.86. The van der Waals surface area contributed by atoms with E-state index < -0.39 is 37.3 Å². The molecule has 0 radical (unpaired) electrons. The predicted octanol–water partition coefficient (Wildman–Crippen LogP) is -1.69. The molecule has 3 rings (SSSR count). The van der Waals surface area contributed by atoms with Gasteiger partial charge < -0.3 is 25.2 Å².